The minimum Gasteiger partial charge on any atom is -0.496 e. The van der Waals surface area contributed by atoms with E-state index in [-0.39, 0.29) is 22.4 Å². The SMILES string of the molecule is COc1cccc2c1c(NS(=O)(=O)c1ccc(Cl)s1)nn2Cc1cccc(CNCCC(N)=O)c1. The van der Waals surface area contributed by atoms with Crippen molar-refractivity contribution in [2.24, 2.45) is 5.73 Å². The molecule has 0 saturated heterocycles. The van der Waals surface area contributed by atoms with Crippen LogP contribution in [-0.4, -0.2) is 37.8 Å². The summed E-state index contributed by atoms with van der Waals surface area (Å²) in [6, 6.07) is 16.4. The lowest BCUT2D eigenvalue weighted by atomic mass is 10.1. The van der Waals surface area contributed by atoms with Crippen LogP contribution in [0.15, 0.2) is 58.8 Å². The Balaban J connectivity index is 1.63. The van der Waals surface area contributed by atoms with Crippen LogP contribution in [0.2, 0.25) is 4.34 Å². The number of nitrogens with two attached hydrogens (primary N) is 1. The number of fused-ring (bicyclic) bond motifs is 1. The predicted molar refractivity (Wildman–Crippen MR) is 137 cm³/mol. The highest BCUT2D eigenvalue weighted by molar-refractivity contribution is 7.94. The van der Waals surface area contributed by atoms with Crippen molar-refractivity contribution in [2.45, 2.75) is 23.7 Å². The van der Waals surface area contributed by atoms with Gasteiger partial charge in [-0.15, -0.1) is 11.3 Å². The zero-order chi connectivity index (χ0) is 25.0. The average Bonchev–Trinajstić information content (AvgIpc) is 3.41. The molecule has 0 radical (unpaired) electrons. The molecular weight excluding hydrogens is 510 g/mol. The molecule has 0 fully saturated rings. The largest absolute Gasteiger partial charge is 0.496 e. The molecule has 0 aliphatic rings. The summed E-state index contributed by atoms with van der Waals surface area (Å²) in [6.07, 6.45) is 0.275. The van der Waals surface area contributed by atoms with Crippen LogP contribution < -0.4 is 20.5 Å². The number of carbonyl (C=O) groups excluding carboxylic acids is 1. The number of rotatable bonds is 11. The molecule has 2 aromatic carbocycles. The Morgan fingerprint density at radius 2 is 1.94 bits per heavy atom. The van der Waals surface area contributed by atoms with Crippen molar-refractivity contribution in [2.75, 3.05) is 18.4 Å². The van der Waals surface area contributed by atoms with Crippen LogP contribution in [0.5, 0.6) is 5.75 Å². The third-order valence-corrected chi connectivity index (χ3v) is 8.27. The van der Waals surface area contributed by atoms with Gasteiger partial charge in [0.15, 0.2) is 5.82 Å². The number of ether oxygens (including phenoxy) is 1. The lowest BCUT2D eigenvalue weighted by molar-refractivity contribution is -0.117. The average molecular weight is 534 g/mol. The number of methoxy groups -OCH3 is 1. The molecule has 184 valence electrons. The third-order valence-electron chi connectivity index (χ3n) is 5.21. The van der Waals surface area contributed by atoms with Gasteiger partial charge in [-0.3, -0.25) is 14.2 Å². The smallest absolute Gasteiger partial charge is 0.272 e. The first-order valence-corrected chi connectivity index (χ1v) is 13.3. The molecule has 12 heteroatoms. The summed E-state index contributed by atoms with van der Waals surface area (Å²) < 4.78 is 36.2. The third kappa shape index (κ3) is 5.93. The summed E-state index contributed by atoms with van der Waals surface area (Å²) in [7, 11) is -2.36. The van der Waals surface area contributed by atoms with E-state index < -0.39 is 10.0 Å². The highest BCUT2D eigenvalue weighted by Gasteiger charge is 2.23. The number of aromatic nitrogens is 2. The number of hydrogen-bond donors (Lipinski definition) is 3. The number of sulfonamides is 1. The molecule has 1 amide bonds. The number of amides is 1. The van der Waals surface area contributed by atoms with Crippen molar-refractivity contribution in [1.82, 2.24) is 15.1 Å². The Morgan fingerprint density at radius 3 is 2.66 bits per heavy atom. The summed E-state index contributed by atoms with van der Waals surface area (Å²) in [6.45, 7) is 1.50. The van der Waals surface area contributed by atoms with Gasteiger partial charge in [0.25, 0.3) is 10.0 Å². The van der Waals surface area contributed by atoms with E-state index in [1.807, 2.05) is 36.4 Å². The van der Waals surface area contributed by atoms with Crippen molar-refractivity contribution in [3.63, 3.8) is 0 Å². The quantitative estimate of drug-likeness (QED) is 0.253. The summed E-state index contributed by atoms with van der Waals surface area (Å²) in [5, 5.41) is 8.34. The monoisotopic (exact) mass is 533 g/mol. The molecule has 35 heavy (non-hydrogen) atoms. The topological polar surface area (TPSA) is 128 Å². The predicted octanol–water partition coefficient (Wildman–Crippen LogP) is 3.57. The van der Waals surface area contributed by atoms with Gasteiger partial charge in [-0.2, -0.15) is 5.10 Å². The Hall–Kier alpha value is -3.12. The van der Waals surface area contributed by atoms with E-state index in [0.717, 1.165) is 28.0 Å². The van der Waals surface area contributed by atoms with Gasteiger partial charge in [-0.25, -0.2) is 8.42 Å². The number of benzene rings is 2. The number of carbonyl (C=O) groups is 1. The fourth-order valence-corrected chi connectivity index (χ4v) is 6.13. The molecule has 0 spiro atoms. The molecular formula is C23H24ClN5O4S2. The first-order valence-electron chi connectivity index (χ1n) is 10.7. The molecule has 2 heterocycles. The molecule has 4 aromatic rings. The molecule has 4 N–H and O–H groups in total. The fourth-order valence-electron chi connectivity index (χ4n) is 3.63. The zero-order valence-electron chi connectivity index (χ0n) is 18.8. The number of nitrogens with one attached hydrogen (secondary N) is 2. The summed E-state index contributed by atoms with van der Waals surface area (Å²) in [5.74, 6) is 0.329. The normalized spacial score (nSPS) is 11.6. The van der Waals surface area contributed by atoms with E-state index in [9.17, 15) is 13.2 Å². The Kier molecular flexibility index (Phi) is 7.60. The second-order valence-corrected chi connectivity index (χ2v) is 11.4. The second-order valence-electron chi connectivity index (χ2n) is 7.74. The van der Waals surface area contributed by atoms with E-state index in [2.05, 4.69) is 15.1 Å². The maximum atomic E-state index is 13.0. The summed E-state index contributed by atoms with van der Waals surface area (Å²) in [5.41, 5.74) is 7.91. The maximum Gasteiger partial charge on any atom is 0.272 e. The van der Waals surface area contributed by atoms with Crippen LogP contribution in [0.25, 0.3) is 10.9 Å². The lowest BCUT2D eigenvalue weighted by Gasteiger charge is -2.08. The summed E-state index contributed by atoms with van der Waals surface area (Å²) in [4.78, 5) is 10.9. The Morgan fingerprint density at radius 1 is 1.17 bits per heavy atom. The molecule has 0 atom stereocenters. The zero-order valence-corrected chi connectivity index (χ0v) is 21.2. The molecule has 0 aliphatic carbocycles. The van der Waals surface area contributed by atoms with Crippen LogP contribution in [-0.2, 0) is 27.9 Å². The van der Waals surface area contributed by atoms with Gasteiger partial charge in [0.2, 0.25) is 5.91 Å². The number of thiophene rings is 1. The van der Waals surface area contributed by atoms with Gasteiger partial charge in [-0.1, -0.05) is 41.9 Å². The number of hydrogen-bond acceptors (Lipinski definition) is 7. The lowest BCUT2D eigenvalue weighted by Crippen LogP contribution is -2.21. The van der Waals surface area contributed by atoms with E-state index in [0.29, 0.717) is 35.1 Å². The van der Waals surface area contributed by atoms with Crippen molar-refractivity contribution in [1.29, 1.82) is 0 Å². The standard InChI is InChI=1S/C23H24ClN5O4S2/c1-33-18-7-3-6-17-22(18)23(28-35(31,32)21-9-8-19(24)34-21)27-29(17)14-16-5-2-4-15(12-16)13-26-11-10-20(25)30/h2-9,12,26H,10-11,13-14H2,1H3,(H2,25,30)(H,27,28). The number of primary amides is 1. The van der Waals surface area contributed by atoms with E-state index in [1.54, 1.807) is 10.7 Å². The van der Waals surface area contributed by atoms with Crippen molar-refractivity contribution in [3.8, 4) is 5.75 Å². The number of halogens is 1. The van der Waals surface area contributed by atoms with Crippen molar-refractivity contribution < 1.29 is 17.9 Å². The molecule has 9 nitrogen and oxygen atoms in total. The van der Waals surface area contributed by atoms with Gasteiger partial charge < -0.3 is 15.8 Å². The van der Waals surface area contributed by atoms with Crippen LogP contribution >= 0.6 is 22.9 Å². The fraction of sp³-hybridized carbons (Fsp3) is 0.217. The van der Waals surface area contributed by atoms with Crippen LogP contribution in [0, 0.1) is 0 Å². The minimum absolute atomic E-state index is 0.0941. The molecule has 4 rings (SSSR count). The Bertz CT molecular complexity index is 1470. The van der Waals surface area contributed by atoms with E-state index in [1.165, 1.54) is 19.2 Å². The van der Waals surface area contributed by atoms with Gasteiger partial charge in [0.1, 0.15) is 9.96 Å². The maximum absolute atomic E-state index is 13.0. The first kappa shape index (κ1) is 25.0. The Labute approximate surface area is 211 Å². The number of anilines is 1. The van der Waals surface area contributed by atoms with Crippen molar-refractivity contribution >= 4 is 55.6 Å². The molecule has 0 unspecified atom stereocenters. The summed E-state index contributed by atoms with van der Waals surface area (Å²) >= 11 is 6.90. The molecule has 0 saturated carbocycles. The van der Waals surface area contributed by atoms with E-state index in [4.69, 9.17) is 22.1 Å². The van der Waals surface area contributed by atoms with Crippen LogP contribution in [0.4, 0.5) is 5.82 Å². The van der Waals surface area contributed by atoms with Crippen LogP contribution in [0.3, 0.4) is 0 Å². The number of nitrogens with zero attached hydrogens (tertiary/aromatic N) is 2. The van der Waals surface area contributed by atoms with Crippen molar-refractivity contribution in [3.05, 3.63) is 70.1 Å². The van der Waals surface area contributed by atoms with Gasteiger partial charge in [0, 0.05) is 19.5 Å². The van der Waals surface area contributed by atoms with Crippen LogP contribution in [0.1, 0.15) is 17.5 Å². The van der Waals surface area contributed by atoms with Gasteiger partial charge in [-0.05, 0) is 35.4 Å². The second kappa shape index (κ2) is 10.6. The highest BCUT2D eigenvalue weighted by atomic mass is 35.5. The van der Waals surface area contributed by atoms with E-state index >= 15 is 0 Å². The highest BCUT2D eigenvalue weighted by Crippen LogP contribution is 2.35. The van der Waals surface area contributed by atoms with Gasteiger partial charge >= 0.3 is 0 Å². The van der Waals surface area contributed by atoms with Gasteiger partial charge in [0.05, 0.1) is 28.9 Å². The molecule has 0 aliphatic heterocycles. The molecule has 0 bridgehead atoms. The molecule has 2 aromatic heterocycles. The first-order chi connectivity index (χ1) is 16.8. The minimum atomic E-state index is -3.88.